The molecule has 3 aromatic rings. The molecule has 5 rings (SSSR count). The highest BCUT2D eigenvalue weighted by molar-refractivity contribution is 6.42. The topological polar surface area (TPSA) is 53.1 Å². The number of rotatable bonds is 7. The molecule has 1 atom stereocenters. The van der Waals surface area contributed by atoms with Gasteiger partial charge in [-0.15, -0.1) is 0 Å². The molecule has 3 aromatic carbocycles. The molecule has 0 bridgehead atoms. The molecule has 0 N–H and O–H groups in total. The lowest BCUT2D eigenvalue weighted by molar-refractivity contribution is -0.132. The molecule has 0 saturated carbocycles. The van der Waals surface area contributed by atoms with Gasteiger partial charge in [0.1, 0.15) is 11.4 Å². The lowest BCUT2D eigenvalue weighted by atomic mass is 9.81. The SMILES string of the molecule is CN(Cc1ccccc1Cl)C(=O)C(CCN1CCC2(CC1)OC(=O)N(C)c1ccc(F)cc12)c1ccc(Cl)c(Cl)c1. The van der Waals surface area contributed by atoms with Crippen LogP contribution in [0.15, 0.2) is 60.7 Å². The lowest BCUT2D eigenvalue weighted by Gasteiger charge is -2.46. The fourth-order valence-electron chi connectivity index (χ4n) is 5.76. The first-order valence-corrected chi connectivity index (χ1v) is 14.6. The molecule has 6 nitrogen and oxygen atoms in total. The summed E-state index contributed by atoms with van der Waals surface area (Å²) in [6.07, 6.45) is 1.16. The molecule has 1 spiro atoms. The predicted molar refractivity (Wildman–Crippen MR) is 160 cm³/mol. The summed E-state index contributed by atoms with van der Waals surface area (Å²) < 4.78 is 20.1. The number of nitrogens with zero attached hydrogens (tertiary/aromatic N) is 3. The molecule has 10 heteroatoms. The highest BCUT2D eigenvalue weighted by Crippen LogP contribution is 2.45. The molecule has 0 aliphatic carbocycles. The Hall–Kier alpha value is -2.84. The van der Waals surface area contributed by atoms with Crippen molar-refractivity contribution in [1.82, 2.24) is 9.80 Å². The van der Waals surface area contributed by atoms with E-state index in [4.69, 9.17) is 39.5 Å². The third-order valence-corrected chi connectivity index (χ3v) is 9.26. The Labute approximate surface area is 254 Å². The smallest absolute Gasteiger partial charge is 0.414 e. The van der Waals surface area contributed by atoms with E-state index >= 15 is 0 Å². The van der Waals surface area contributed by atoms with Crippen LogP contribution in [0, 0.1) is 5.82 Å². The first-order valence-electron chi connectivity index (χ1n) is 13.5. The minimum Gasteiger partial charge on any atom is -0.437 e. The van der Waals surface area contributed by atoms with E-state index in [-0.39, 0.29) is 11.7 Å². The molecule has 41 heavy (non-hydrogen) atoms. The van der Waals surface area contributed by atoms with Crippen molar-refractivity contribution < 1.29 is 18.7 Å². The van der Waals surface area contributed by atoms with Gasteiger partial charge in [0, 0.05) is 57.2 Å². The third kappa shape index (κ3) is 6.19. The van der Waals surface area contributed by atoms with Crippen LogP contribution in [0.1, 0.15) is 41.9 Å². The van der Waals surface area contributed by atoms with E-state index < -0.39 is 17.6 Å². The second kappa shape index (κ2) is 12.2. The summed E-state index contributed by atoms with van der Waals surface area (Å²) >= 11 is 18.9. The molecule has 2 aliphatic rings. The number of fused-ring (bicyclic) bond motifs is 2. The highest BCUT2D eigenvalue weighted by atomic mass is 35.5. The predicted octanol–water partition coefficient (Wildman–Crippen LogP) is 7.50. The second-order valence-corrected chi connectivity index (χ2v) is 11.9. The number of likely N-dealkylation sites (N-methyl/N-ethyl adjacent to an activating group) is 1. The van der Waals surface area contributed by atoms with Crippen LogP contribution in [0.4, 0.5) is 14.9 Å². The molecule has 1 unspecified atom stereocenters. The fourth-order valence-corrected chi connectivity index (χ4v) is 6.27. The van der Waals surface area contributed by atoms with Crippen LogP contribution in [-0.4, -0.2) is 55.5 Å². The van der Waals surface area contributed by atoms with Crippen molar-refractivity contribution in [3.63, 3.8) is 0 Å². The average Bonchev–Trinajstić information content (AvgIpc) is 2.96. The molecule has 1 fully saturated rings. The molecular weight excluding hydrogens is 588 g/mol. The monoisotopic (exact) mass is 617 g/mol. The molecular formula is C31H31Cl3FN3O3. The van der Waals surface area contributed by atoms with Gasteiger partial charge in [-0.1, -0.05) is 59.1 Å². The zero-order valence-corrected chi connectivity index (χ0v) is 25.1. The van der Waals surface area contributed by atoms with Gasteiger partial charge in [0.15, 0.2) is 0 Å². The second-order valence-electron chi connectivity index (χ2n) is 10.7. The Bertz CT molecular complexity index is 1460. The Morgan fingerprint density at radius 1 is 1.02 bits per heavy atom. The van der Waals surface area contributed by atoms with Gasteiger partial charge in [-0.05, 0) is 60.5 Å². The van der Waals surface area contributed by atoms with Crippen molar-refractivity contribution in [1.29, 1.82) is 0 Å². The number of carbonyl (C=O) groups is 2. The molecule has 2 aliphatic heterocycles. The lowest BCUT2D eigenvalue weighted by Crippen LogP contribution is -2.51. The van der Waals surface area contributed by atoms with Crippen LogP contribution >= 0.6 is 34.8 Å². The number of piperidine rings is 1. The summed E-state index contributed by atoms with van der Waals surface area (Å²) in [5.41, 5.74) is 2.15. The van der Waals surface area contributed by atoms with Crippen molar-refractivity contribution in [3.05, 3.63) is 98.2 Å². The number of hydrogen-bond acceptors (Lipinski definition) is 4. The average molecular weight is 619 g/mol. The van der Waals surface area contributed by atoms with Gasteiger partial charge in [-0.25, -0.2) is 9.18 Å². The Balaban J connectivity index is 1.31. The highest BCUT2D eigenvalue weighted by Gasteiger charge is 2.46. The van der Waals surface area contributed by atoms with Crippen molar-refractivity contribution in [2.24, 2.45) is 0 Å². The van der Waals surface area contributed by atoms with Crippen LogP contribution in [0.2, 0.25) is 15.1 Å². The summed E-state index contributed by atoms with van der Waals surface area (Å²) in [6.45, 7) is 2.27. The number of carbonyl (C=O) groups excluding carboxylic acids is 2. The van der Waals surface area contributed by atoms with E-state index in [2.05, 4.69) is 4.90 Å². The summed E-state index contributed by atoms with van der Waals surface area (Å²) in [5, 5.41) is 1.43. The summed E-state index contributed by atoms with van der Waals surface area (Å²) in [7, 11) is 3.40. The Morgan fingerprint density at radius 3 is 2.46 bits per heavy atom. The molecule has 2 heterocycles. The first kappa shape index (κ1) is 29.6. The third-order valence-electron chi connectivity index (χ3n) is 8.15. The van der Waals surface area contributed by atoms with Gasteiger partial charge in [0.2, 0.25) is 5.91 Å². The zero-order valence-electron chi connectivity index (χ0n) is 22.9. The standard InChI is InChI=1S/C31H31Cl3FN3O3/c1-36(19-21-5-3-4-6-25(21)32)29(39)23(20-7-9-26(33)27(34)17-20)11-14-38-15-12-31(13-16-38)24-18-22(35)8-10-28(24)37(2)30(40)41-31/h3-10,17-18,23H,11-16,19H2,1-2H3. The number of benzene rings is 3. The number of ether oxygens (including phenoxy) is 1. The largest absolute Gasteiger partial charge is 0.437 e. The summed E-state index contributed by atoms with van der Waals surface area (Å²) in [6, 6.07) is 17.2. The molecule has 1 saturated heterocycles. The Kier molecular flexibility index (Phi) is 8.81. The number of amides is 2. The molecule has 0 aromatic heterocycles. The van der Waals surface area contributed by atoms with Crippen LogP contribution in [0.25, 0.3) is 0 Å². The minimum atomic E-state index is -0.869. The van der Waals surface area contributed by atoms with Crippen LogP contribution in [0.5, 0.6) is 0 Å². The number of hydrogen-bond donors (Lipinski definition) is 0. The van der Waals surface area contributed by atoms with Crippen molar-refractivity contribution >= 4 is 52.5 Å². The van der Waals surface area contributed by atoms with E-state index in [9.17, 15) is 14.0 Å². The maximum Gasteiger partial charge on any atom is 0.414 e. The van der Waals surface area contributed by atoms with Gasteiger partial charge in [-0.2, -0.15) is 0 Å². The first-order chi connectivity index (χ1) is 19.6. The van der Waals surface area contributed by atoms with Crippen molar-refractivity contribution in [2.45, 2.75) is 37.3 Å². The van der Waals surface area contributed by atoms with Gasteiger partial charge < -0.3 is 14.5 Å². The summed E-state index contributed by atoms with van der Waals surface area (Å²) in [5.74, 6) is -0.865. The molecule has 216 valence electrons. The fraction of sp³-hybridized carbons (Fsp3) is 0.355. The van der Waals surface area contributed by atoms with Gasteiger partial charge in [0.25, 0.3) is 0 Å². The maximum atomic E-state index is 14.2. The Morgan fingerprint density at radius 2 is 1.76 bits per heavy atom. The maximum absolute atomic E-state index is 14.2. The summed E-state index contributed by atoms with van der Waals surface area (Å²) in [4.78, 5) is 31.8. The van der Waals surface area contributed by atoms with E-state index in [1.165, 1.54) is 17.0 Å². The number of halogens is 4. The van der Waals surface area contributed by atoms with Gasteiger partial charge >= 0.3 is 6.09 Å². The minimum absolute atomic E-state index is 0.0505. The quantitative estimate of drug-likeness (QED) is 0.275. The van der Waals surface area contributed by atoms with E-state index in [0.717, 1.165) is 11.1 Å². The van der Waals surface area contributed by atoms with Gasteiger partial charge in [-0.3, -0.25) is 9.69 Å². The van der Waals surface area contributed by atoms with Crippen LogP contribution < -0.4 is 4.90 Å². The number of likely N-dealkylation sites (tertiary alicyclic amines) is 1. The molecule has 0 radical (unpaired) electrons. The normalized spacial score (nSPS) is 17.2. The van der Waals surface area contributed by atoms with E-state index in [1.54, 1.807) is 37.2 Å². The van der Waals surface area contributed by atoms with Crippen LogP contribution in [0.3, 0.4) is 0 Å². The molecule has 2 amide bonds. The van der Waals surface area contributed by atoms with Crippen molar-refractivity contribution in [2.75, 3.05) is 38.6 Å². The van der Waals surface area contributed by atoms with Crippen molar-refractivity contribution in [3.8, 4) is 0 Å². The van der Waals surface area contributed by atoms with E-state index in [1.807, 2.05) is 30.3 Å². The van der Waals surface area contributed by atoms with Crippen LogP contribution in [-0.2, 0) is 21.7 Å². The zero-order chi connectivity index (χ0) is 29.3. The number of anilines is 1. The van der Waals surface area contributed by atoms with E-state index in [0.29, 0.717) is 71.8 Å². The van der Waals surface area contributed by atoms with Gasteiger partial charge in [0.05, 0.1) is 21.7 Å².